The summed E-state index contributed by atoms with van der Waals surface area (Å²) in [6.07, 6.45) is 2.92. The zero-order valence-electron chi connectivity index (χ0n) is 15.3. The minimum absolute atomic E-state index is 0.00777. The predicted molar refractivity (Wildman–Crippen MR) is 102 cm³/mol. The Kier molecular flexibility index (Phi) is 4.05. The lowest BCUT2D eigenvalue weighted by atomic mass is 9.82. The number of carbonyl (C=O) groups is 1. The van der Waals surface area contributed by atoms with Crippen LogP contribution in [0.4, 0.5) is 0 Å². The monoisotopic (exact) mass is 364 g/mol. The maximum Gasteiger partial charge on any atom is 0.231 e. The van der Waals surface area contributed by atoms with Gasteiger partial charge in [-0.25, -0.2) is 0 Å². The van der Waals surface area contributed by atoms with E-state index in [9.17, 15) is 4.79 Å². The number of nitrogens with one attached hydrogen (secondary N) is 1. The van der Waals surface area contributed by atoms with E-state index in [0.29, 0.717) is 6.79 Å². The van der Waals surface area contributed by atoms with Crippen molar-refractivity contribution in [3.8, 4) is 11.5 Å². The number of piperidine rings is 1. The fraction of sp³-hybridized carbons (Fsp3) is 0.409. The molecule has 5 nitrogen and oxygen atoms in total. The summed E-state index contributed by atoms with van der Waals surface area (Å²) in [5.74, 6) is 1.85. The first kappa shape index (κ1) is 16.6. The number of nitrogens with zero attached hydrogens (tertiary/aromatic N) is 1. The van der Waals surface area contributed by atoms with E-state index in [1.54, 1.807) is 0 Å². The molecule has 3 aliphatic heterocycles. The molecule has 1 amide bonds. The number of rotatable bonds is 3. The summed E-state index contributed by atoms with van der Waals surface area (Å²) in [6, 6.07) is 16.3. The molecule has 1 spiro atoms. The first-order valence-corrected chi connectivity index (χ1v) is 9.69. The Bertz CT molecular complexity index is 844. The van der Waals surface area contributed by atoms with Crippen LogP contribution in [0.1, 0.15) is 36.3 Å². The van der Waals surface area contributed by atoms with Crippen LogP contribution in [0.5, 0.6) is 11.5 Å². The normalized spacial score (nSPS) is 23.6. The van der Waals surface area contributed by atoms with Crippen molar-refractivity contribution in [1.29, 1.82) is 0 Å². The average Bonchev–Trinajstić information content (AvgIpc) is 3.29. The van der Waals surface area contributed by atoms with Gasteiger partial charge in [-0.2, -0.15) is 0 Å². The summed E-state index contributed by atoms with van der Waals surface area (Å²) >= 11 is 0. The lowest BCUT2D eigenvalue weighted by molar-refractivity contribution is -0.121. The molecule has 0 unspecified atom stereocenters. The lowest BCUT2D eigenvalue weighted by Crippen LogP contribution is -2.50. The van der Waals surface area contributed by atoms with Gasteiger partial charge in [-0.15, -0.1) is 0 Å². The molecule has 0 aromatic heterocycles. The molecule has 1 atom stereocenters. The molecule has 27 heavy (non-hydrogen) atoms. The summed E-state index contributed by atoms with van der Waals surface area (Å²) in [7, 11) is 0. The molecule has 1 N–H and O–H groups in total. The van der Waals surface area contributed by atoms with Gasteiger partial charge in [-0.3, -0.25) is 9.69 Å². The van der Waals surface area contributed by atoms with E-state index in [-0.39, 0.29) is 17.4 Å². The highest BCUT2D eigenvalue weighted by Gasteiger charge is 2.46. The lowest BCUT2D eigenvalue weighted by Gasteiger charge is -2.39. The fourth-order valence-corrected chi connectivity index (χ4v) is 4.60. The van der Waals surface area contributed by atoms with Crippen LogP contribution in [0.2, 0.25) is 0 Å². The van der Waals surface area contributed by atoms with Gasteiger partial charge in [-0.1, -0.05) is 36.4 Å². The van der Waals surface area contributed by atoms with Gasteiger partial charge in [0, 0.05) is 25.2 Å². The molecule has 2 aromatic carbocycles. The van der Waals surface area contributed by atoms with Crippen molar-refractivity contribution < 1.29 is 14.3 Å². The molecule has 3 aliphatic rings. The van der Waals surface area contributed by atoms with Gasteiger partial charge in [0.15, 0.2) is 11.5 Å². The van der Waals surface area contributed by atoms with Gasteiger partial charge < -0.3 is 14.8 Å². The first-order valence-electron chi connectivity index (χ1n) is 9.69. The van der Waals surface area contributed by atoms with Crippen molar-refractivity contribution in [3.63, 3.8) is 0 Å². The number of hydrogen-bond acceptors (Lipinski definition) is 4. The molecule has 0 saturated carbocycles. The number of fused-ring (bicyclic) bond motifs is 1. The van der Waals surface area contributed by atoms with Crippen molar-refractivity contribution in [3.05, 3.63) is 59.7 Å². The predicted octanol–water partition coefficient (Wildman–Crippen LogP) is 3.05. The zero-order chi connectivity index (χ0) is 18.3. The Morgan fingerprint density at radius 2 is 1.81 bits per heavy atom. The standard InChI is InChI=1S/C22H24N2O3/c25-21-18(17-4-2-1-3-5-17)13-22(23-21)8-10-24(11-9-22)14-16-6-7-19-20(12-16)27-15-26-19/h1-7,12,18H,8-11,13-15H2,(H,23,25)/t18-/m1/s1. The highest BCUT2D eigenvalue weighted by atomic mass is 16.7. The molecule has 140 valence electrons. The number of benzene rings is 2. The van der Waals surface area contributed by atoms with Crippen molar-refractivity contribution >= 4 is 5.91 Å². The van der Waals surface area contributed by atoms with Gasteiger partial charge in [0.2, 0.25) is 12.7 Å². The average molecular weight is 364 g/mol. The topological polar surface area (TPSA) is 50.8 Å². The van der Waals surface area contributed by atoms with Gasteiger partial charge >= 0.3 is 0 Å². The first-order chi connectivity index (χ1) is 13.2. The van der Waals surface area contributed by atoms with Crippen molar-refractivity contribution in [2.75, 3.05) is 19.9 Å². The van der Waals surface area contributed by atoms with Crippen LogP contribution < -0.4 is 14.8 Å². The molecule has 5 rings (SSSR count). The summed E-state index contributed by atoms with van der Waals surface area (Å²) < 4.78 is 10.9. The molecule has 2 aromatic rings. The second-order valence-electron chi connectivity index (χ2n) is 7.90. The van der Waals surface area contributed by atoms with E-state index in [4.69, 9.17) is 9.47 Å². The van der Waals surface area contributed by atoms with Crippen molar-refractivity contribution in [2.45, 2.75) is 37.3 Å². The molecular formula is C22H24N2O3. The summed E-state index contributed by atoms with van der Waals surface area (Å²) in [5.41, 5.74) is 2.34. The second-order valence-corrected chi connectivity index (χ2v) is 7.90. The largest absolute Gasteiger partial charge is 0.454 e. The molecule has 2 saturated heterocycles. The molecule has 0 bridgehead atoms. The van der Waals surface area contributed by atoms with E-state index in [2.05, 4.69) is 34.5 Å². The molecular weight excluding hydrogens is 340 g/mol. The molecule has 5 heteroatoms. The molecule has 0 radical (unpaired) electrons. The SMILES string of the molecule is O=C1NC2(CCN(Cc3ccc4c(c3)OCO4)CC2)C[C@@H]1c1ccccc1. The number of carbonyl (C=O) groups excluding carboxylic acids is 1. The van der Waals surface area contributed by atoms with E-state index in [1.807, 2.05) is 24.3 Å². The zero-order valence-corrected chi connectivity index (χ0v) is 15.3. The van der Waals surface area contributed by atoms with E-state index >= 15 is 0 Å². The molecule has 0 aliphatic carbocycles. The summed E-state index contributed by atoms with van der Waals surface area (Å²) in [6.45, 7) is 3.21. The Hall–Kier alpha value is -2.53. The third-order valence-corrected chi connectivity index (χ3v) is 6.16. The third kappa shape index (κ3) is 3.16. The third-order valence-electron chi connectivity index (χ3n) is 6.16. The number of hydrogen-bond donors (Lipinski definition) is 1. The quantitative estimate of drug-likeness (QED) is 0.910. The Balaban J connectivity index is 1.22. The van der Waals surface area contributed by atoms with Crippen LogP contribution in [-0.2, 0) is 11.3 Å². The number of amides is 1. The minimum Gasteiger partial charge on any atom is -0.454 e. The van der Waals surface area contributed by atoms with E-state index in [1.165, 1.54) is 5.56 Å². The summed E-state index contributed by atoms with van der Waals surface area (Å²) in [5, 5.41) is 3.33. The van der Waals surface area contributed by atoms with Crippen LogP contribution in [-0.4, -0.2) is 36.2 Å². The van der Waals surface area contributed by atoms with Gasteiger partial charge in [0.1, 0.15) is 0 Å². The van der Waals surface area contributed by atoms with Gasteiger partial charge in [0.25, 0.3) is 0 Å². The van der Waals surface area contributed by atoms with Crippen molar-refractivity contribution in [1.82, 2.24) is 10.2 Å². The minimum atomic E-state index is -0.0387. The van der Waals surface area contributed by atoms with Gasteiger partial charge in [0.05, 0.1) is 5.92 Å². The van der Waals surface area contributed by atoms with E-state index < -0.39 is 0 Å². The van der Waals surface area contributed by atoms with Crippen LogP contribution in [0.25, 0.3) is 0 Å². The smallest absolute Gasteiger partial charge is 0.231 e. The van der Waals surface area contributed by atoms with Gasteiger partial charge in [-0.05, 0) is 42.5 Å². The number of ether oxygens (including phenoxy) is 2. The van der Waals surface area contributed by atoms with E-state index in [0.717, 1.165) is 56.0 Å². The Morgan fingerprint density at radius 1 is 1.04 bits per heavy atom. The van der Waals surface area contributed by atoms with Crippen LogP contribution in [0, 0.1) is 0 Å². The van der Waals surface area contributed by atoms with Crippen LogP contribution >= 0.6 is 0 Å². The highest BCUT2D eigenvalue weighted by molar-refractivity contribution is 5.87. The Morgan fingerprint density at radius 3 is 2.63 bits per heavy atom. The van der Waals surface area contributed by atoms with Crippen molar-refractivity contribution in [2.24, 2.45) is 0 Å². The summed E-state index contributed by atoms with van der Waals surface area (Å²) in [4.78, 5) is 15.0. The maximum absolute atomic E-state index is 12.6. The van der Waals surface area contributed by atoms with Crippen LogP contribution in [0.3, 0.4) is 0 Å². The fourth-order valence-electron chi connectivity index (χ4n) is 4.60. The second kappa shape index (κ2) is 6.57. The molecule has 3 heterocycles. The van der Waals surface area contributed by atoms with Crippen LogP contribution in [0.15, 0.2) is 48.5 Å². The Labute approximate surface area is 159 Å². The number of likely N-dealkylation sites (tertiary alicyclic amines) is 1. The molecule has 2 fully saturated rings. The maximum atomic E-state index is 12.6. The highest BCUT2D eigenvalue weighted by Crippen LogP contribution is 2.39.